The Bertz CT molecular complexity index is 672. The van der Waals surface area contributed by atoms with Gasteiger partial charge in [-0.2, -0.15) is 0 Å². The lowest BCUT2D eigenvalue weighted by molar-refractivity contribution is -0.143. The Morgan fingerprint density at radius 3 is 2.48 bits per heavy atom. The van der Waals surface area contributed by atoms with Crippen LogP contribution in [0.2, 0.25) is 0 Å². The summed E-state index contributed by atoms with van der Waals surface area (Å²) in [7, 11) is 0. The number of benzene rings is 1. The number of carbonyl (C=O) groups is 1. The number of hydrogen-bond acceptors (Lipinski definition) is 3. The Balaban J connectivity index is 1.97. The standard InChI is InChI=1S/C23H34O4/c1-5-8-13-17(11-6-2)15-22(20-19(7-3)26-20)23(27-22,21(24)25)18-14-10-9-12-16(18)4/h9-10,12,14,17,19-20H,5-8,11,13,15H2,1-4H3,(H,24,25). The third-order valence-electron chi connectivity index (χ3n) is 6.41. The van der Waals surface area contributed by atoms with Gasteiger partial charge in [0.15, 0.2) is 0 Å². The van der Waals surface area contributed by atoms with Gasteiger partial charge in [0.1, 0.15) is 11.7 Å². The maximum Gasteiger partial charge on any atom is 0.343 e. The monoisotopic (exact) mass is 374 g/mol. The van der Waals surface area contributed by atoms with Crippen LogP contribution in [0.5, 0.6) is 0 Å². The van der Waals surface area contributed by atoms with Gasteiger partial charge in [-0.1, -0.05) is 77.1 Å². The molecule has 5 unspecified atom stereocenters. The van der Waals surface area contributed by atoms with Crippen molar-refractivity contribution in [3.05, 3.63) is 35.4 Å². The first-order valence-electron chi connectivity index (χ1n) is 10.6. The minimum absolute atomic E-state index is 0.112. The summed E-state index contributed by atoms with van der Waals surface area (Å²) in [5, 5.41) is 10.3. The van der Waals surface area contributed by atoms with Crippen LogP contribution in [0.15, 0.2) is 24.3 Å². The van der Waals surface area contributed by atoms with Gasteiger partial charge in [0, 0.05) is 5.56 Å². The van der Waals surface area contributed by atoms with Crippen molar-refractivity contribution in [2.45, 2.75) is 96.1 Å². The van der Waals surface area contributed by atoms with Crippen molar-refractivity contribution >= 4 is 5.97 Å². The molecule has 1 N–H and O–H groups in total. The molecule has 2 aliphatic heterocycles. The second-order valence-electron chi connectivity index (χ2n) is 8.30. The molecule has 1 aromatic rings. The molecule has 2 fully saturated rings. The van der Waals surface area contributed by atoms with E-state index in [9.17, 15) is 9.90 Å². The zero-order chi connectivity index (χ0) is 19.7. The van der Waals surface area contributed by atoms with Crippen LogP contribution in [0.25, 0.3) is 0 Å². The molecular formula is C23H34O4. The van der Waals surface area contributed by atoms with Crippen molar-refractivity contribution < 1.29 is 19.4 Å². The molecule has 5 atom stereocenters. The lowest BCUT2D eigenvalue weighted by atomic mass is 9.74. The largest absolute Gasteiger partial charge is 0.479 e. The highest BCUT2D eigenvalue weighted by Crippen LogP contribution is 2.66. The summed E-state index contributed by atoms with van der Waals surface area (Å²) in [6.07, 6.45) is 7.34. The maximum atomic E-state index is 12.6. The van der Waals surface area contributed by atoms with E-state index in [1.54, 1.807) is 0 Å². The van der Waals surface area contributed by atoms with Crippen LogP contribution in [0.1, 0.15) is 76.8 Å². The highest BCUT2D eigenvalue weighted by atomic mass is 16.7. The van der Waals surface area contributed by atoms with Gasteiger partial charge in [-0.3, -0.25) is 0 Å². The summed E-state index contributed by atoms with van der Waals surface area (Å²) >= 11 is 0. The molecule has 27 heavy (non-hydrogen) atoms. The molecule has 4 heteroatoms. The number of rotatable bonds is 11. The Morgan fingerprint density at radius 1 is 1.19 bits per heavy atom. The van der Waals surface area contributed by atoms with Crippen molar-refractivity contribution in [2.75, 3.05) is 0 Å². The zero-order valence-corrected chi connectivity index (χ0v) is 17.2. The second kappa shape index (κ2) is 7.92. The Labute approximate surface area is 163 Å². The van der Waals surface area contributed by atoms with E-state index in [1.807, 2.05) is 31.2 Å². The minimum atomic E-state index is -1.27. The number of hydrogen-bond donors (Lipinski definition) is 1. The molecule has 0 bridgehead atoms. The molecule has 0 amide bonds. The van der Waals surface area contributed by atoms with E-state index in [4.69, 9.17) is 9.47 Å². The number of carboxylic acids is 1. The predicted octanol–water partition coefficient (Wildman–Crippen LogP) is 5.22. The molecule has 2 saturated heterocycles. The number of aliphatic carboxylic acids is 1. The molecule has 0 saturated carbocycles. The first kappa shape index (κ1) is 20.3. The molecule has 4 nitrogen and oxygen atoms in total. The van der Waals surface area contributed by atoms with E-state index in [0.29, 0.717) is 5.92 Å². The van der Waals surface area contributed by atoms with Gasteiger partial charge in [0.25, 0.3) is 0 Å². The van der Waals surface area contributed by atoms with Gasteiger partial charge in [0.2, 0.25) is 5.60 Å². The molecule has 0 radical (unpaired) electrons. The van der Waals surface area contributed by atoms with Crippen LogP contribution in [-0.2, 0) is 19.9 Å². The molecule has 1 aromatic carbocycles. The zero-order valence-electron chi connectivity index (χ0n) is 17.2. The van der Waals surface area contributed by atoms with Crippen molar-refractivity contribution in [1.82, 2.24) is 0 Å². The van der Waals surface area contributed by atoms with Crippen LogP contribution in [0.3, 0.4) is 0 Å². The van der Waals surface area contributed by atoms with Gasteiger partial charge in [-0.25, -0.2) is 4.79 Å². The van der Waals surface area contributed by atoms with Crippen molar-refractivity contribution in [1.29, 1.82) is 0 Å². The summed E-state index contributed by atoms with van der Waals surface area (Å²) in [5.41, 5.74) is -0.255. The molecule has 3 rings (SSSR count). The highest BCUT2D eigenvalue weighted by molar-refractivity contribution is 5.86. The summed E-state index contributed by atoms with van der Waals surface area (Å²) < 4.78 is 12.3. The number of epoxide rings is 2. The summed E-state index contributed by atoms with van der Waals surface area (Å²) in [6, 6.07) is 7.74. The average Bonchev–Trinajstić information content (AvgIpc) is 3.54. The smallest absolute Gasteiger partial charge is 0.343 e. The topological polar surface area (TPSA) is 62.4 Å². The predicted molar refractivity (Wildman–Crippen MR) is 106 cm³/mol. The minimum Gasteiger partial charge on any atom is -0.479 e. The number of carboxylic acid groups (broad SMARTS) is 1. The highest BCUT2D eigenvalue weighted by Gasteiger charge is 2.83. The van der Waals surface area contributed by atoms with Crippen LogP contribution < -0.4 is 0 Å². The SMILES string of the molecule is CCCCC(CCC)CC1(C2OC2CC)OC1(C(=O)O)c1ccccc1C. The maximum absolute atomic E-state index is 12.6. The quantitative estimate of drug-likeness (QED) is 0.540. The third kappa shape index (κ3) is 3.42. The first-order valence-corrected chi connectivity index (χ1v) is 10.6. The Morgan fingerprint density at radius 2 is 1.93 bits per heavy atom. The molecular weight excluding hydrogens is 340 g/mol. The summed E-state index contributed by atoms with van der Waals surface area (Å²) in [6.45, 7) is 8.47. The van der Waals surface area contributed by atoms with E-state index >= 15 is 0 Å². The van der Waals surface area contributed by atoms with E-state index in [2.05, 4.69) is 20.8 Å². The van der Waals surface area contributed by atoms with E-state index in [0.717, 1.165) is 49.7 Å². The lowest BCUT2D eigenvalue weighted by Gasteiger charge is -2.23. The summed E-state index contributed by atoms with van der Waals surface area (Å²) in [4.78, 5) is 12.6. The molecule has 0 aliphatic carbocycles. The molecule has 150 valence electrons. The van der Waals surface area contributed by atoms with Gasteiger partial charge in [-0.05, 0) is 31.2 Å². The van der Waals surface area contributed by atoms with E-state index < -0.39 is 17.2 Å². The normalized spacial score (nSPS) is 32.9. The van der Waals surface area contributed by atoms with Crippen LogP contribution in [0.4, 0.5) is 0 Å². The Kier molecular flexibility index (Phi) is 5.97. The lowest BCUT2D eigenvalue weighted by Crippen LogP contribution is -2.38. The van der Waals surface area contributed by atoms with E-state index in [1.165, 1.54) is 6.42 Å². The number of ether oxygens (including phenoxy) is 2. The van der Waals surface area contributed by atoms with Gasteiger partial charge >= 0.3 is 5.97 Å². The first-order chi connectivity index (χ1) is 13.0. The van der Waals surface area contributed by atoms with Crippen molar-refractivity contribution in [3.8, 4) is 0 Å². The van der Waals surface area contributed by atoms with Gasteiger partial charge in [0.05, 0.1) is 6.10 Å². The van der Waals surface area contributed by atoms with E-state index in [-0.39, 0.29) is 12.2 Å². The van der Waals surface area contributed by atoms with Crippen molar-refractivity contribution in [3.63, 3.8) is 0 Å². The molecule has 0 aromatic heterocycles. The molecule has 0 spiro atoms. The average molecular weight is 375 g/mol. The fourth-order valence-electron chi connectivity index (χ4n) is 4.94. The fraction of sp³-hybridized carbons (Fsp3) is 0.696. The van der Waals surface area contributed by atoms with Crippen molar-refractivity contribution in [2.24, 2.45) is 5.92 Å². The molecule has 2 aliphatic rings. The Hall–Kier alpha value is -1.39. The molecule has 2 heterocycles. The third-order valence-corrected chi connectivity index (χ3v) is 6.41. The van der Waals surface area contributed by atoms with Crippen LogP contribution in [0, 0.1) is 12.8 Å². The summed E-state index contributed by atoms with van der Waals surface area (Å²) in [5.74, 6) is -0.408. The number of aryl methyl sites for hydroxylation is 1. The van der Waals surface area contributed by atoms with Crippen LogP contribution >= 0.6 is 0 Å². The second-order valence-corrected chi connectivity index (χ2v) is 8.30. The number of unbranched alkanes of at least 4 members (excludes halogenated alkanes) is 1. The van der Waals surface area contributed by atoms with Gasteiger partial charge < -0.3 is 14.6 Å². The van der Waals surface area contributed by atoms with Gasteiger partial charge in [-0.15, -0.1) is 0 Å². The van der Waals surface area contributed by atoms with Crippen LogP contribution in [-0.4, -0.2) is 28.9 Å². The fourth-order valence-corrected chi connectivity index (χ4v) is 4.94.